The fourth-order valence-corrected chi connectivity index (χ4v) is 2.69. The molecule has 0 aliphatic heterocycles. The zero-order valence-electron chi connectivity index (χ0n) is 13.7. The Kier molecular flexibility index (Phi) is 5.11. The summed E-state index contributed by atoms with van der Waals surface area (Å²) in [5.74, 6) is 0.584. The molecule has 0 spiro atoms. The van der Waals surface area contributed by atoms with Crippen LogP contribution in [0.3, 0.4) is 0 Å². The molecule has 0 saturated carbocycles. The van der Waals surface area contributed by atoms with Gasteiger partial charge >= 0.3 is 0 Å². The number of hydrogen-bond donors (Lipinski definition) is 1. The van der Waals surface area contributed by atoms with Gasteiger partial charge in [0.2, 0.25) is 0 Å². The van der Waals surface area contributed by atoms with Gasteiger partial charge in [-0.2, -0.15) is 0 Å². The lowest BCUT2D eigenvalue weighted by molar-refractivity contribution is -0.123. The number of amides is 1. The van der Waals surface area contributed by atoms with Gasteiger partial charge in [-0.3, -0.25) is 4.79 Å². The number of ether oxygens (including phenoxy) is 1. The molecule has 3 rings (SSSR count). The number of aromatic nitrogens is 2. The Morgan fingerprint density at radius 1 is 1.21 bits per heavy atom. The molecule has 5 nitrogen and oxygen atoms in total. The number of nitrogens with zero attached hydrogens (tertiary/aromatic N) is 2. The van der Waals surface area contributed by atoms with E-state index in [1.165, 1.54) is 5.56 Å². The van der Waals surface area contributed by atoms with E-state index in [0.29, 0.717) is 12.3 Å². The first-order valence-corrected chi connectivity index (χ1v) is 8.15. The highest BCUT2D eigenvalue weighted by atomic mass is 16.5. The van der Waals surface area contributed by atoms with Crippen molar-refractivity contribution in [2.45, 2.75) is 19.9 Å². The molecule has 1 aromatic carbocycles. The first-order valence-electron chi connectivity index (χ1n) is 8.15. The molecule has 0 radical (unpaired) electrons. The minimum Gasteiger partial charge on any atom is -0.484 e. The van der Waals surface area contributed by atoms with Crippen LogP contribution in [0, 0.1) is 0 Å². The van der Waals surface area contributed by atoms with E-state index in [-0.39, 0.29) is 12.5 Å². The van der Waals surface area contributed by atoms with Crippen LogP contribution in [0.15, 0.2) is 54.9 Å². The lowest BCUT2D eigenvalue weighted by Gasteiger charge is -2.07. The summed E-state index contributed by atoms with van der Waals surface area (Å²) >= 11 is 0. The number of carbonyl (C=O) groups excluding carboxylic acids is 1. The molecule has 0 fully saturated rings. The molecule has 2 heterocycles. The Morgan fingerprint density at radius 2 is 2.04 bits per heavy atom. The van der Waals surface area contributed by atoms with E-state index >= 15 is 0 Å². The van der Waals surface area contributed by atoms with Gasteiger partial charge < -0.3 is 14.6 Å². The molecule has 1 N–H and O–H groups in total. The van der Waals surface area contributed by atoms with Gasteiger partial charge in [-0.1, -0.05) is 18.2 Å². The van der Waals surface area contributed by atoms with Gasteiger partial charge in [0.15, 0.2) is 6.61 Å². The predicted molar refractivity (Wildman–Crippen MR) is 94.1 cm³/mol. The molecule has 0 bridgehead atoms. The van der Waals surface area contributed by atoms with E-state index < -0.39 is 0 Å². The number of carbonyl (C=O) groups is 1. The maximum absolute atomic E-state index is 11.9. The van der Waals surface area contributed by atoms with Crippen LogP contribution in [0.25, 0.3) is 11.0 Å². The summed E-state index contributed by atoms with van der Waals surface area (Å²) in [7, 11) is 0. The summed E-state index contributed by atoms with van der Waals surface area (Å²) in [5.41, 5.74) is 2.19. The first-order chi connectivity index (χ1) is 11.8. The Labute approximate surface area is 141 Å². The third kappa shape index (κ3) is 3.74. The number of para-hydroxylation sites is 1. The van der Waals surface area contributed by atoms with Gasteiger partial charge in [0.05, 0.1) is 0 Å². The molecule has 0 atom stereocenters. The van der Waals surface area contributed by atoms with Gasteiger partial charge in [-0.15, -0.1) is 0 Å². The fraction of sp³-hybridized carbons (Fsp3) is 0.263. The van der Waals surface area contributed by atoms with Crippen molar-refractivity contribution in [3.8, 4) is 5.75 Å². The number of nitrogens with one attached hydrogen (secondary N) is 1. The zero-order chi connectivity index (χ0) is 16.8. The standard InChI is InChI=1S/C19H21N3O2/c1-2-22-13-15(17-9-6-11-21-19(17)22)10-12-20-18(23)14-24-16-7-4-3-5-8-16/h3-9,11,13H,2,10,12,14H2,1H3,(H,20,23). The highest BCUT2D eigenvalue weighted by Gasteiger charge is 2.09. The summed E-state index contributed by atoms with van der Waals surface area (Å²) in [6, 6.07) is 13.4. The average Bonchev–Trinajstić information content (AvgIpc) is 2.99. The number of aryl methyl sites for hydroxylation is 1. The Balaban J connectivity index is 1.52. The van der Waals surface area contributed by atoms with Crippen molar-refractivity contribution >= 4 is 16.9 Å². The lowest BCUT2D eigenvalue weighted by Crippen LogP contribution is -2.30. The maximum Gasteiger partial charge on any atom is 0.257 e. The van der Waals surface area contributed by atoms with Crippen molar-refractivity contribution in [2.75, 3.05) is 13.2 Å². The van der Waals surface area contributed by atoms with E-state index in [0.717, 1.165) is 24.0 Å². The smallest absolute Gasteiger partial charge is 0.257 e. The van der Waals surface area contributed by atoms with Gasteiger partial charge in [-0.25, -0.2) is 4.98 Å². The first kappa shape index (κ1) is 16.1. The van der Waals surface area contributed by atoms with Crippen LogP contribution in [0.1, 0.15) is 12.5 Å². The lowest BCUT2D eigenvalue weighted by atomic mass is 10.1. The third-order valence-corrected chi connectivity index (χ3v) is 3.89. The van der Waals surface area contributed by atoms with E-state index in [2.05, 4.69) is 34.1 Å². The zero-order valence-corrected chi connectivity index (χ0v) is 13.7. The molecule has 0 unspecified atom stereocenters. The van der Waals surface area contributed by atoms with Crippen molar-refractivity contribution in [1.82, 2.24) is 14.9 Å². The second-order valence-electron chi connectivity index (χ2n) is 5.52. The molecule has 2 aromatic heterocycles. The van der Waals surface area contributed by atoms with E-state index in [4.69, 9.17) is 4.74 Å². The summed E-state index contributed by atoms with van der Waals surface area (Å²) < 4.78 is 7.57. The highest BCUT2D eigenvalue weighted by molar-refractivity contribution is 5.81. The summed E-state index contributed by atoms with van der Waals surface area (Å²) in [5, 5.41) is 4.05. The summed E-state index contributed by atoms with van der Waals surface area (Å²) in [6.45, 7) is 3.59. The topological polar surface area (TPSA) is 56.2 Å². The highest BCUT2D eigenvalue weighted by Crippen LogP contribution is 2.19. The number of hydrogen-bond acceptors (Lipinski definition) is 3. The van der Waals surface area contributed by atoms with Gasteiger partial charge in [0.25, 0.3) is 5.91 Å². The Morgan fingerprint density at radius 3 is 2.83 bits per heavy atom. The minimum atomic E-state index is -0.115. The number of pyridine rings is 1. The van der Waals surface area contributed by atoms with Crippen LogP contribution >= 0.6 is 0 Å². The van der Waals surface area contributed by atoms with Crippen molar-refractivity contribution in [2.24, 2.45) is 0 Å². The van der Waals surface area contributed by atoms with E-state index in [1.54, 1.807) is 6.20 Å². The number of fused-ring (bicyclic) bond motifs is 1. The molecule has 0 aliphatic rings. The van der Waals surface area contributed by atoms with Crippen molar-refractivity contribution in [3.05, 3.63) is 60.4 Å². The summed E-state index contributed by atoms with van der Waals surface area (Å²) in [4.78, 5) is 16.3. The maximum atomic E-state index is 11.9. The average molecular weight is 323 g/mol. The van der Waals surface area contributed by atoms with Gasteiger partial charge in [0, 0.05) is 30.9 Å². The fourth-order valence-electron chi connectivity index (χ4n) is 2.69. The van der Waals surface area contributed by atoms with Crippen LogP contribution in [0.5, 0.6) is 5.75 Å². The molecular formula is C19H21N3O2. The quantitative estimate of drug-likeness (QED) is 0.727. The minimum absolute atomic E-state index is 0.0300. The van der Waals surface area contributed by atoms with Crippen LogP contribution in [-0.4, -0.2) is 28.6 Å². The molecule has 0 saturated heterocycles. The Bertz CT molecular complexity index is 812. The van der Waals surface area contributed by atoms with Crippen LogP contribution in [0.4, 0.5) is 0 Å². The predicted octanol–water partition coefficient (Wildman–Crippen LogP) is 2.79. The molecule has 124 valence electrons. The number of benzene rings is 1. The molecule has 1 amide bonds. The van der Waals surface area contributed by atoms with Crippen LogP contribution in [-0.2, 0) is 17.8 Å². The van der Waals surface area contributed by atoms with Crippen molar-refractivity contribution in [3.63, 3.8) is 0 Å². The monoisotopic (exact) mass is 323 g/mol. The summed E-state index contributed by atoms with van der Waals surface area (Å²) in [6.07, 6.45) is 4.69. The van der Waals surface area contributed by atoms with Gasteiger partial charge in [-0.05, 0) is 43.2 Å². The SMILES string of the molecule is CCn1cc(CCNC(=O)COc2ccccc2)c2cccnc21. The van der Waals surface area contributed by atoms with E-state index in [1.807, 2.05) is 36.4 Å². The number of rotatable bonds is 7. The molecule has 0 aliphatic carbocycles. The van der Waals surface area contributed by atoms with E-state index in [9.17, 15) is 4.79 Å². The third-order valence-electron chi connectivity index (χ3n) is 3.89. The second-order valence-corrected chi connectivity index (χ2v) is 5.52. The molecular weight excluding hydrogens is 302 g/mol. The Hall–Kier alpha value is -2.82. The molecule has 5 heteroatoms. The van der Waals surface area contributed by atoms with Crippen LogP contribution in [0.2, 0.25) is 0 Å². The van der Waals surface area contributed by atoms with Crippen molar-refractivity contribution in [1.29, 1.82) is 0 Å². The van der Waals surface area contributed by atoms with Crippen molar-refractivity contribution < 1.29 is 9.53 Å². The van der Waals surface area contributed by atoms with Crippen LogP contribution < -0.4 is 10.1 Å². The second kappa shape index (κ2) is 7.64. The largest absolute Gasteiger partial charge is 0.484 e. The normalized spacial score (nSPS) is 10.7. The molecule has 24 heavy (non-hydrogen) atoms. The molecule has 3 aromatic rings. The van der Waals surface area contributed by atoms with Gasteiger partial charge in [0.1, 0.15) is 11.4 Å².